The third-order valence-corrected chi connectivity index (χ3v) is 3.32. The largest absolute Gasteiger partial charge is 0.508 e. The molecular weight excluding hydrogens is 237 g/mol. The molecule has 0 saturated carbocycles. The third-order valence-electron chi connectivity index (χ3n) is 3.32. The second-order valence-electron chi connectivity index (χ2n) is 4.64. The van der Waals surface area contributed by atoms with Gasteiger partial charge in [-0.2, -0.15) is 0 Å². The summed E-state index contributed by atoms with van der Waals surface area (Å²) >= 11 is 0. The number of hydrogen-bond donors (Lipinski definition) is 2. The average Bonchev–Trinajstić information content (AvgIpc) is 2.70. The van der Waals surface area contributed by atoms with Gasteiger partial charge in [0.05, 0.1) is 6.42 Å². The highest BCUT2D eigenvalue weighted by molar-refractivity contribution is 5.67. The first-order chi connectivity index (χ1) is 8.56. The summed E-state index contributed by atoms with van der Waals surface area (Å²) in [5, 5.41) is 18.5. The van der Waals surface area contributed by atoms with Gasteiger partial charge in [0.1, 0.15) is 11.6 Å². The zero-order valence-electron chi connectivity index (χ0n) is 9.97. The summed E-state index contributed by atoms with van der Waals surface area (Å²) < 4.78 is 13.1. The molecule has 2 rings (SSSR count). The minimum absolute atomic E-state index is 0.0230. The molecule has 1 unspecified atom stereocenters. The number of phenolic OH excluding ortho intramolecular Hbond substituents is 1. The standard InChI is InChI=1S/C13H16FNO3/c14-10-3-4-12(16)9(6-10)8-15-5-1-2-11(15)7-13(17)18/h3-4,6,11,16H,1-2,5,7-8H2,(H,17,18). The van der Waals surface area contributed by atoms with Crippen LogP contribution in [0.1, 0.15) is 24.8 Å². The molecule has 1 fully saturated rings. The van der Waals surface area contributed by atoms with Gasteiger partial charge in [-0.1, -0.05) is 0 Å². The minimum atomic E-state index is -0.824. The number of phenols is 1. The van der Waals surface area contributed by atoms with Gasteiger partial charge < -0.3 is 10.2 Å². The molecule has 98 valence electrons. The number of aliphatic carboxylic acids is 1. The van der Waals surface area contributed by atoms with Crippen molar-refractivity contribution in [2.75, 3.05) is 6.54 Å². The maximum atomic E-state index is 13.1. The Morgan fingerprint density at radius 3 is 3.00 bits per heavy atom. The molecule has 1 atom stereocenters. The third kappa shape index (κ3) is 2.98. The van der Waals surface area contributed by atoms with E-state index in [-0.39, 0.29) is 18.2 Å². The van der Waals surface area contributed by atoms with Gasteiger partial charge in [0, 0.05) is 18.2 Å². The van der Waals surface area contributed by atoms with Crippen molar-refractivity contribution in [2.24, 2.45) is 0 Å². The lowest BCUT2D eigenvalue weighted by molar-refractivity contribution is -0.138. The molecule has 4 nitrogen and oxygen atoms in total. The van der Waals surface area contributed by atoms with Crippen LogP contribution in [0.4, 0.5) is 4.39 Å². The number of likely N-dealkylation sites (tertiary alicyclic amines) is 1. The van der Waals surface area contributed by atoms with Crippen LogP contribution in [0.5, 0.6) is 5.75 Å². The zero-order chi connectivity index (χ0) is 13.1. The molecule has 0 radical (unpaired) electrons. The van der Waals surface area contributed by atoms with Crippen molar-refractivity contribution in [1.82, 2.24) is 4.90 Å². The van der Waals surface area contributed by atoms with E-state index in [2.05, 4.69) is 0 Å². The molecule has 1 aliphatic heterocycles. The number of carboxylic acids is 1. The Balaban J connectivity index is 2.08. The molecule has 5 heteroatoms. The lowest BCUT2D eigenvalue weighted by atomic mass is 10.1. The van der Waals surface area contributed by atoms with E-state index in [1.807, 2.05) is 4.90 Å². The van der Waals surface area contributed by atoms with Gasteiger partial charge in [0.2, 0.25) is 0 Å². The number of rotatable bonds is 4. The van der Waals surface area contributed by atoms with Crippen molar-refractivity contribution in [3.05, 3.63) is 29.6 Å². The number of benzene rings is 1. The summed E-state index contributed by atoms with van der Waals surface area (Å²) in [5.74, 6) is -1.16. The Morgan fingerprint density at radius 1 is 1.50 bits per heavy atom. The maximum Gasteiger partial charge on any atom is 0.304 e. The summed E-state index contributed by atoms with van der Waals surface area (Å²) in [6.45, 7) is 1.18. The fourth-order valence-electron chi connectivity index (χ4n) is 2.44. The molecule has 1 heterocycles. The quantitative estimate of drug-likeness (QED) is 0.861. The second-order valence-corrected chi connectivity index (χ2v) is 4.64. The van der Waals surface area contributed by atoms with Crippen molar-refractivity contribution in [1.29, 1.82) is 0 Å². The number of hydrogen-bond acceptors (Lipinski definition) is 3. The molecule has 0 spiro atoms. The van der Waals surface area contributed by atoms with Gasteiger partial charge in [-0.05, 0) is 37.6 Å². The first kappa shape index (κ1) is 12.8. The molecule has 0 aromatic heterocycles. The van der Waals surface area contributed by atoms with Crippen LogP contribution in [0.2, 0.25) is 0 Å². The van der Waals surface area contributed by atoms with E-state index in [1.165, 1.54) is 18.2 Å². The summed E-state index contributed by atoms with van der Waals surface area (Å²) in [6, 6.07) is 3.81. The summed E-state index contributed by atoms with van der Waals surface area (Å²) in [5.41, 5.74) is 0.507. The molecule has 2 N–H and O–H groups in total. The van der Waals surface area contributed by atoms with Crippen LogP contribution in [0.25, 0.3) is 0 Å². The molecular formula is C13H16FNO3. The highest BCUT2D eigenvalue weighted by atomic mass is 19.1. The Morgan fingerprint density at radius 2 is 2.28 bits per heavy atom. The predicted molar refractivity (Wildman–Crippen MR) is 63.7 cm³/mol. The predicted octanol–water partition coefficient (Wildman–Crippen LogP) is 1.97. The van der Waals surface area contributed by atoms with Crippen molar-refractivity contribution in [3.63, 3.8) is 0 Å². The van der Waals surface area contributed by atoms with E-state index in [0.29, 0.717) is 12.1 Å². The van der Waals surface area contributed by atoms with Gasteiger partial charge in [0.15, 0.2) is 0 Å². The highest BCUT2D eigenvalue weighted by Gasteiger charge is 2.27. The van der Waals surface area contributed by atoms with Gasteiger partial charge in [-0.25, -0.2) is 4.39 Å². The molecule has 0 aliphatic carbocycles. The zero-order valence-corrected chi connectivity index (χ0v) is 9.97. The lowest BCUT2D eigenvalue weighted by Crippen LogP contribution is -2.30. The van der Waals surface area contributed by atoms with E-state index in [0.717, 1.165) is 19.4 Å². The summed E-state index contributed by atoms with van der Waals surface area (Å²) in [7, 11) is 0. The van der Waals surface area contributed by atoms with Crippen LogP contribution in [-0.4, -0.2) is 33.7 Å². The second kappa shape index (κ2) is 5.35. The van der Waals surface area contributed by atoms with E-state index < -0.39 is 11.8 Å². The topological polar surface area (TPSA) is 60.8 Å². The molecule has 1 saturated heterocycles. The van der Waals surface area contributed by atoms with Gasteiger partial charge in [-0.3, -0.25) is 9.69 Å². The van der Waals surface area contributed by atoms with Crippen LogP contribution in [0.3, 0.4) is 0 Å². The fourth-order valence-corrected chi connectivity index (χ4v) is 2.44. The SMILES string of the molecule is O=C(O)CC1CCCN1Cc1cc(F)ccc1O. The van der Waals surface area contributed by atoms with E-state index in [1.54, 1.807) is 0 Å². The normalized spacial score (nSPS) is 20.2. The van der Waals surface area contributed by atoms with Crippen LogP contribution in [-0.2, 0) is 11.3 Å². The Hall–Kier alpha value is -1.62. The van der Waals surface area contributed by atoms with Crippen molar-refractivity contribution < 1.29 is 19.4 Å². The van der Waals surface area contributed by atoms with Gasteiger partial charge >= 0.3 is 5.97 Å². The lowest BCUT2D eigenvalue weighted by Gasteiger charge is -2.23. The van der Waals surface area contributed by atoms with Crippen LogP contribution >= 0.6 is 0 Å². The van der Waals surface area contributed by atoms with Crippen molar-refractivity contribution in [2.45, 2.75) is 31.8 Å². The Bertz CT molecular complexity index is 450. The van der Waals surface area contributed by atoms with Crippen molar-refractivity contribution >= 4 is 5.97 Å². The van der Waals surface area contributed by atoms with Gasteiger partial charge in [-0.15, -0.1) is 0 Å². The molecule has 18 heavy (non-hydrogen) atoms. The smallest absolute Gasteiger partial charge is 0.304 e. The first-order valence-electron chi connectivity index (χ1n) is 5.99. The van der Waals surface area contributed by atoms with E-state index in [9.17, 15) is 14.3 Å². The number of halogens is 1. The molecule has 0 bridgehead atoms. The number of carbonyl (C=O) groups is 1. The summed E-state index contributed by atoms with van der Waals surface area (Å²) in [4.78, 5) is 12.7. The first-order valence-corrected chi connectivity index (χ1v) is 5.99. The molecule has 1 aromatic carbocycles. The fraction of sp³-hybridized carbons (Fsp3) is 0.462. The van der Waals surface area contributed by atoms with E-state index >= 15 is 0 Å². The van der Waals surface area contributed by atoms with Crippen LogP contribution in [0, 0.1) is 5.82 Å². The number of nitrogens with zero attached hydrogens (tertiary/aromatic N) is 1. The Kier molecular flexibility index (Phi) is 3.81. The summed E-state index contributed by atoms with van der Waals surface area (Å²) in [6.07, 6.45) is 1.87. The molecule has 0 amide bonds. The minimum Gasteiger partial charge on any atom is -0.508 e. The Labute approximate surface area is 105 Å². The highest BCUT2D eigenvalue weighted by Crippen LogP contribution is 2.26. The molecule has 1 aromatic rings. The number of aromatic hydroxyl groups is 1. The van der Waals surface area contributed by atoms with Crippen LogP contribution in [0.15, 0.2) is 18.2 Å². The molecule has 1 aliphatic rings. The van der Waals surface area contributed by atoms with Crippen LogP contribution < -0.4 is 0 Å². The maximum absolute atomic E-state index is 13.1. The monoisotopic (exact) mass is 253 g/mol. The number of carboxylic acid groups (broad SMARTS) is 1. The van der Waals surface area contributed by atoms with Crippen molar-refractivity contribution in [3.8, 4) is 5.75 Å². The van der Waals surface area contributed by atoms with Gasteiger partial charge in [0.25, 0.3) is 0 Å². The van der Waals surface area contributed by atoms with E-state index in [4.69, 9.17) is 5.11 Å². The average molecular weight is 253 g/mol.